The van der Waals surface area contributed by atoms with Crippen LogP contribution in [0.5, 0.6) is 0 Å². The predicted molar refractivity (Wildman–Crippen MR) is 116 cm³/mol. The monoisotopic (exact) mass is 416 g/mol. The Labute approximate surface area is 175 Å². The van der Waals surface area contributed by atoms with E-state index >= 15 is 0 Å². The maximum atomic E-state index is 13.1. The highest BCUT2D eigenvalue weighted by atomic mass is 32.1. The highest BCUT2D eigenvalue weighted by molar-refractivity contribution is 7.15. The third-order valence-corrected chi connectivity index (χ3v) is 5.80. The van der Waals surface area contributed by atoms with Crippen molar-refractivity contribution >= 4 is 33.0 Å². The fourth-order valence-corrected chi connectivity index (χ4v) is 4.21. The molecule has 0 radical (unpaired) electrons. The molecule has 0 spiro atoms. The van der Waals surface area contributed by atoms with Crippen LogP contribution in [0.4, 0.5) is 4.39 Å². The van der Waals surface area contributed by atoms with Gasteiger partial charge in [-0.3, -0.25) is 4.79 Å². The normalized spacial score (nSPS) is 11.2. The summed E-state index contributed by atoms with van der Waals surface area (Å²) in [7, 11) is 0. The fourth-order valence-electron chi connectivity index (χ4n) is 3.35. The SMILES string of the molecule is O=C(NCCc1csc2nc(-c3ccc(F)cc3)nn12)c1ccc2ccccc2c1. The van der Waals surface area contributed by atoms with Crippen molar-refractivity contribution in [3.05, 3.63) is 89.2 Å². The van der Waals surface area contributed by atoms with Gasteiger partial charge in [0, 0.05) is 29.5 Å². The highest BCUT2D eigenvalue weighted by Crippen LogP contribution is 2.21. The van der Waals surface area contributed by atoms with Gasteiger partial charge in [0.15, 0.2) is 5.82 Å². The number of amides is 1. The summed E-state index contributed by atoms with van der Waals surface area (Å²) in [5.74, 6) is 0.170. The molecule has 0 unspecified atom stereocenters. The Morgan fingerprint density at radius 3 is 2.67 bits per heavy atom. The Balaban J connectivity index is 1.27. The Kier molecular flexibility index (Phi) is 4.72. The largest absolute Gasteiger partial charge is 0.352 e. The summed E-state index contributed by atoms with van der Waals surface area (Å²) in [6, 6.07) is 19.8. The lowest BCUT2D eigenvalue weighted by Crippen LogP contribution is -2.26. The maximum Gasteiger partial charge on any atom is 0.251 e. The Bertz CT molecular complexity index is 1360. The van der Waals surface area contributed by atoms with E-state index in [0.29, 0.717) is 24.4 Å². The van der Waals surface area contributed by atoms with Gasteiger partial charge in [-0.25, -0.2) is 8.91 Å². The average molecular weight is 416 g/mol. The number of carbonyl (C=O) groups is 1. The van der Waals surface area contributed by atoms with Crippen LogP contribution in [-0.2, 0) is 6.42 Å². The number of hydrogen-bond donors (Lipinski definition) is 1. The van der Waals surface area contributed by atoms with Crippen molar-refractivity contribution in [1.29, 1.82) is 0 Å². The zero-order valence-corrected chi connectivity index (χ0v) is 16.7. The maximum absolute atomic E-state index is 13.1. The van der Waals surface area contributed by atoms with E-state index in [1.165, 1.54) is 23.5 Å². The number of rotatable bonds is 5. The molecule has 1 amide bonds. The standard InChI is InChI=1S/C23H17FN4OS/c24-19-9-7-16(8-10-19)21-26-23-28(27-21)20(14-30-23)11-12-25-22(29)18-6-5-15-3-1-2-4-17(15)13-18/h1-10,13-14H,11-12H2,(H,25,29). The van der Waals surface area contributed by atoms with E-state index in [-0.39, 0.29) is 11.7 Å². The smallest absolute Gasteiger partial charge is 0.251 e. The van der Waals surface area contributed by atoms with Crippen LogP contribution in [0.2, 0.25) is 0 Å². The summed E-state index contributed by atoms with van der Waals surface area (Å²) in [6.45, 7) is 0.489. The second kappa shape index (κ2) is 7.68. The zero-order chi connectivity index (χ0) is 20.5. The van der Waals surface area contributed by atoms with Crippen molar-refractivity contribution in [2.75, 3.05) is 6.54 Å². The van der Waals surface area contributed by atoms with Crippen LogP contribution < -0.4 is 5.32 Å². The molecule has 0 aliphatic rings. The summed E-state index contributed by atoms with van der Waals surface area (Å²) in [5, 5.41) is 11.7. The molecule has 0 saturated carbocycles. The van der Waals surface area contributed by atoms with Crippen LogP contribution in [-0.4, -0.2) is 27.0 Å². The molecule has 0 fully saturated rings. The molecule has 0 aliphatic heterocycles. The lowest BCUT2D eigenvalue weighted by atomic mass is 10.1. The number of thiazole rings is 1. The van der Waals surface area contributed by atoms with E-state index in [4.69, 9.17) is 0 Å². The molecular formula is C23H17FN4OS. The van der Waals surface area contributed by atoms with E-state index in [1.807, 2.05) is 47.8 Å². The first-order valence-corrected chi connectivity index (χ1v) is 10.4. The number of aromatic nitrogens is 3. The van der Waals surface area contributed by atoms with Gasteiger partial charge in [-0.1, -0.05) is 30.3 Å². The minimum atomic E-state index is -0.289. The Morgan fingerprint density at radius 2 is 1.83 bits per heavy atom. The zero-order valence-electron chi connectivity index (χ0n) is 15.9. The quantitative estimate of drug-likeness (QED) is 0.451. The van der Waals surface area contributed by atoms with Crippen molar-refractivity contribution in [1.82, 2.24) is 19.9 Å². The molecule has 5 aromatic rings. The molecule has 0 bridgehead atoms. The highest BCUT2D eigenvalue weighted by Gasteiger charge is 2.12. The topological polar surface area (TPSA) is 59.3 Å². The first-order valence-electron chi connectivity index (χ1n) is 9.53. The summed E-state index contributed by atoms with van der Waals surface area (Å²) in [4.78, 5) is 17.8. The molecule has 2 aromatic heterocycles. The Hall–Kier alpha value is -3.58. The third-order valence-electron chi connectivity index (χ3n) is 4.93. The number of carbonyl (C=O) groups excluding carboxylic acids is 1. The van der Waals surface area contributed by atoms with Gasteiger partial charge < -0.3 is 5.32 Å². The van der Waals surface area contributed by atoms with Crippen molar-refractivity contribution in [2.45, 2.75) is 6.42 Å². The lowest BCUT2D eigenvalue weighted by Gasteiger charge is -2.06. The van der Waals surface area contributed by atoms with Gasteiger partial charge in [0.2, 0.25) is 4.96 Å². The van der Waals surface area contributed by atoms with Crippen LogP contribution in [0.3, 0.4) is 0 Å². The molecular weight excluding hydrogens is 399 g/mol. The molecule has 148 valence electrons. The van der Waals surface area contributed by atoms with E-state index in [2.05, 4.69) is 15.4 Å². The molecule has 30 heavy (non-hydrogen) atoms. The minimum Gasteiger partial charge on any atom is -0.352 e. The van der Waals surface area contributed by atoms with Gasteiger partial charge in [-0.2, -0.15) is 4.98 Å². The molecule has 2 heterocycles. The molecule has 0 saturated heterocycles. The lowest BCUT2D eigenvalue weighted by molar-refractivity contribution is 0.0954. The average Bonchev–Trinajstić information content (AvgIpc) is 3.35. The fraction of sp³-hybridized carbons (Fsp3) is 0.0870. The van der Waals surface area contributed by atoms with Gasteiger partial charge in [0.1, 0.15) is 5.82 Å². The number of halogens is 1. The second-order valence-electron chi connectivity index (χ2n) is 6.93. The third kappa shape index (κ3) is 3.55. The van der Waals surface area contributed by atoms with E-state index in [0.717, 1.165) is 27.0 Å². The Morgan fingerprint density at radius 1 is 1.03 bits per heavy atom. The summed E-state index contributed by atoms with van der Waals surface area (Å²) >= 11 is 1.49. The van der Waals surface area contributed by atoms with Crippen molar-refractivity contribution in [2.24, 2.45) is 0 Å². The van der Waals surface area contributed by atoms with Crippen LogP contribution in [0, 0.1) is 5.82 Å². The molecule has 5 nitrogen and oxygen atoms in total. The predicted octanol–water partition coefficient (Wildman–Crippen LogP) is 4.72. The van der Waals surface area contributed by atoms with Gasteiger partial charge >= 0.3 is 0 Å². The van der Waals surface area contributed by atoms with Crippen molar-refractivity contribution in [3.63, 3.8) is 0 Å². The first-order chi connectivity index (χ1) is 14.7. The summed E-state index contributed by atoms with van der Waals surface area (Å²) < 4.78 is 14.9. The van der Waals surface area contributed by atoms with Gasteiger partial charge in [0.05, 0.1) is 5.69 Å². The van der Waals surface area contributed by atoms with Crippen LogP contribution >= 0.6 is 11.3 Å². The van der Waals surface area contributed by atoms with Crippen LogP contribution in [0.15, 0.2) is 72.1 Å². The number of benzene rings is 3. The van der Waals surface area contributed by atoms with Gasteiger partial charge in [-0.05, 0) is 47.2 Å². The number of fused-ring (bicyclic) bond motifs is 2. The van der Waals surface area contributed by atoms with Crippen LogP contribution in [0.25, 0.3) is 27.1 Å². The minimum absolute atomic E-state index is 0.0992. The van der Waals surface area contributed by atoms with E-state index < -0.39 is 0 Å². The van der Waals surface area contributed by atoms with Crippen LogP contribution in [0.1, 0.15) is 16.1 Å². The number of nitrogens with zero attached hydrogens (tertiary/aromatic N) is 3. The van der Waals surface area contributed by atoms with E-state index in [1.54, 1.807) is 16.6 Å². The van der Waals surface area contributed by atoms with Crippen molar-refractivity contribution < 1.29 is 9.18 Å². The van der Waals surface area contributed by atoms with Gasteiger partial charge in [-0.15, -0.1) is 16.4 Å². The molecule has 0 atom stereocenters. The second-order valence-corrected chi connectivity index (χ2v) is 7.77. The molecule has 3 aromatic carbocycles. The molecule has 1 N–H and O–H groups in total. The first kappa shape index (κ1) is 18.4. The molecule has 5 rings (SSSR count). The van der Waals surface area contributed by atoms with Gasteiger partial charge in [0.25, 0.3) is 5.91 Å². The molecule has 7 heteroatoms. The number of nitrogens with one attached hydrogen (secondary N) is 1. The van der Waals surface area contributed by atoms with E-state index in [9.17, 15) is 9.18 Å². The number of hydrogen-bond acceptors (Lipinski definition) is 4. The van der Waals surface area contributed by atoms with Crippen molar-refractivity contribution in [3.8, 4) is 11.4 Å². The summed E-state index contributed by atoms with van der Waals surface area (Å²) in [6.07, 6.45) is 0.630. The molecule has 0 aliphatic carbocycles. The summed E-state index contributed by atoms with van der Waals surface area (Å²) in [5.41, 5.74) is 2.38.